The molecule has 1 atom stereocenters. The molecule has 1 amide bonds. The van der Waals surface area contributed by atoms with E-state index in [1.807, 2.05) is 0 Å². The largest absolute Gasteiger partial charge is 0.478 e. The Bertz CT molecular complexity index is 642. The van der Waals surface area contributed by atoms with Crippen LogP contribution >= 0.6 is 0 Å². The highest BCUT2D eigenvalue weighted by molar-refractivity contribution is 7.89. The van der Waals surface area contributed by atoms with E-state index >= 15 is 0 Å². The summed E-state index contributed by atoms with van der Waals surface area (Å²) in [6.45, 7) is -0.163. The number of hydrogen-bond acceptors (Lipinski definition) is 5. The first-order valence-electron chi connectivity index (χ1n) is 5.30. The minimum Gasteiger partial charge on any atom is -0.478 e. The summed E-state index contributed by atoms with van der Waals surface area (Å²) >= 11 is 0. The Morgan fingerprint density at radius 2 is 2.21 bits per heavy atom. The van der Waals surface area contributed by atoms with Gasteiger partial charge in [0.05, 0.1) is 17.4 Å². The first kappa shape index (κ1) is 13.4. The summed E-state index contributed by atoms with van der Waals surface area (Å²) in [5.74, 6) is -1.71. The summed E-state index contributed by atoms with van der Waals surface area (Å²) in [6, 6.07) is 1.25. The maximum absolute atomic E-state index is 11.8. The van der Waals surface area contributed by atoms with Gasteiger partial charge in [-0.25, -0.2) is 18.4 Å². The van der Waals surface area contributed by atoms with Gasteiger partial charge in [-0.3, -0.25) is 9.78 Å². The molecule has 0 radical (unpaired) electrons. The van der Waals surface area contributed by atoms with Crippen molar-refractivity contribution in [3.05, 3.63) is 24.0 Å². The number of rotatable bonds is 3. The summed E-state index contributed by atoms with van der Waals surface area (Å²) in [5, 5.41) is 13.0. The van der Waals surface area contributed by atoms with Gasteiger partial charge in [0.25, 0.3) is 0 Å². The van der Waals surface area contributed by atoms with Crippen molar-refractivity contribution in [3.63, 3.8) is 0 Å². The fraction of sp³-hybridized carbons (Fsp3) is 0.300. The zero-order valence-electron chi connectivity index (χ0n) is 9.68. The lowest BCUT2D eigenvalue weighted by Gasteiger charge is -2.17. The molecule has 1 aliphatic rings. The zero-order chi connectivity index (χ0) is 14.2. The van der Waals surface area contributed by atoms with Crippen LogP contribution in [0.15, 0.2) is 18.5 Å². The molecule has 2 heterocycles. The number of primary sulfonamides is 1. The van der Waals surface area contributed by atoms with Gasteiger partial charge in [0, 0.05) is 19.2 Å². The van der Waals surface area contributed by atoms with Crippen molar-refractivity contribution in [2.75, 3.05) is 11.4 Å². The van der Waals surface area contributed by atoms with E-state index in [2.05, 4.69) is 4.98 Å². The van der Waals surface area contributed by atoms with Crippen LogP contribution < -0.4 is 10.0 Å². The number of nitrogens with zero attached hydrogens (tertiary/aromatic N) is 2. The summed E-state index contributed by atoms with van der Waals surface area (Å²) in [6.07, 6.45) is 2.24. The number of aromatic carboxylic acids is 1. The number of pyridine rings is 1. The highest BCUT2D eigenvalue weighted by Crippen LogP contribution is 2.26. The average Bonchev–Trinajstić information content (AvgIpc) is 2.71. The van der Waals surface area contributed by atoms with E-state index in [1.165, 1.54) is 18.5 Å². The molecule has 2 rings (SSSR count). The van der Waals surface area contributed by atoms with Gasteiger partial charge in [0.2, 0.25) is 15.9 Å². The van der Waals surface area contributed by atoms with Crippen molar-refractivity contribution < 1.29 is 23.1 Å². The molecule has 9 heteroatoms. The first-order valence-corrected chi connectivity index (χ1v) is 6.91. The van der Waals surface area contributed by atoms with Crippen LogP contribution in [0.3, 0.4) is 0 Å². The molecule has 8 nitrogen and oxygen atoms in total. The number of carbonyl (C=O) groups excluding carboxylic acids is 1. The summed E-state index contributed by atoms with van der Waals surface area (Å²) in [5.41, 5.74) is -0.0374. The predicted octanol–water partition coefficient (Wildman–Crippen LogP) is -0.826. The topological polar surface area (TPSA) is 131 Å². The second-order valence-electron chi connectivity index (χ2n) is 4.12. The molecule has 0 aliphatic carbocycles. The molecule has 1 aromatic rings. The van der Waals surface area contributed by atoms with E-state index in [0.29, 0.717) is 0 Å². The molecule has 19 heavy (non-hydrogen) atoms. The van der Waals surface area contributed by atoms with E-state index in [4.69, 9.17) is 10.2 Å². The summed E-state index contributed by atoms with van der Waals surface area (Å²) in [4.78, 5) is 27.7. The van der Waals surface area contributed by atoms with Crippen molar-refractivity contribution in [2.24, 2.45) is 5.14 Å². The number of amides is 1. The minimum atomic E-state index is -3.84. The fourth-order valence-corrected chi connectivity index (χ4v) is 2.64. The van der Waals surface area contributed by atoms with Crippen LogP contribution in [0.5, 0.6) is 0 Å². The Balaban J connectivity index is 2.39. The highest BCUT2D eigenvalue weighted by Gasteiger charge is 2.38. The molecular formula is C10H11N3O5S. The van der Waals surface area contributed by atoms with Gasteiger partial charge in [0.15, 0.2) is 0 Å². The van der Waals surface area contributed by atoms with Crippen molar-refractivity contribution in [1.82, 2.24) is 4.98 Å². The standard InChI is InChI=1S/C10H11N3O5S/c11-19(17,18)6-3-9(14)13(5-6)8-4-12-2-1-7(8)10(15)16/h1-2,4,6H,3,5H2,(H,15,16)(H2,11,17,18). The fourth-order valence-electron chi connectivity index (χ4n) is 1.91. The van der Waals surface area contributed by atoms with E-state index in [0.717, 1.165) is 4.90 Å². The van der Waals surface area contributed by atoms with Crippen molar-refractivity contribution >= 4 is 27.6 Å². The van der Waals surface area contributed by atoms with E-state index in [9.17, 15) is 18.0 Å². The van der Waals surface area contributed by atoms with Gasteiger partial charge >= 0.3 is 5.97 Å². The summed E-state index contributed by atoms with van der Waals surface area (Å²) < 4.78 is 22.5. The summed E-state index contributed by atoms with van der Waals surface area (Å²) in [7, 11) is -3.84. The highest BCUT2D eigenvalue weighted by atomic mass is 32.2. The van der Waals surface area contributed by atoms with Crippen molar-refractivity contribution in [2.45, 2.75) is 11.7 Å². The zero-order valence-corrected chi connectivity index (χ0v) is 10.5. The Labute approximate surface area is 108 Å². The van der Waals surface area contributed by atoms with Crippen LogP contribution in [-0.4, -0.2) is 42.2 Å². The van der Waals surface area contributed by atoms with Gasteiger partial charge < -0.3 is 10.0 Å². The number of nitrogens with two attached hydrogens (primary N) is 1. The number of hydrogen-bond donors (Lipinski definition) is 2. The molecule has 3 N–H and O–H groups in total. The molecule has 0 bridgehead atoms. The number of sulfonamides is 1. The maximum Gasteiger partial charge on any atom is 0.337 e. The molecule has 1 unspecified atom stereocenters. The Morgan fingerprint density at radius 3 is 2.74 bits per heavy atom. The van der Waals surface area contributed by atoms with Crippen LogP contribution in [0.25, 0.3) is 0 Å². The maximum atomic E-state index is 11.8. The number of carbonyl (C=O) groups is 2. The average molecular weight is 285 g/mol. The van der Waals surface area contributed by atoms with Crippen LogP contribution in [0.4, 0.5) is 5.69 Å². The lowest BCUT2D eigenvalue weighted by atomic mass is 10.2. The monoisotopic (exact) mass is 285 g/mol. The molecule has 0 aromatic carbocycles. The van der Waals surface area contributed by atoms with E-state index < -0.39 is 27.1 Å². The molecule has 1 aromatic heterocycles. The molecule has 0 spiro atoms. The third kappa shape index (κ3) is 2.56. The Kier molecular flexibility index (Phi) is 3.25. The molecular weight excluding hydrogens is 274 g/mol. The number of carboxylic acid groups (broad SMARTS) is 1. The van der Waals surface area contributed by atoms with Crippen LogP contribution in [0.1, 0.15) is 16.8 Å². The number of anilines is 1. The number of aromatic nitrogens is 1. The van der Waals surface area contributed by atoms with Gasteiger partial charge in [-0.2, -0.15) is 0 Å². The molecule has 1 aliphatic heterocycles. The van der Waals surface area contributed by atoms with E-state index in [-0.39, 0.29) is 24.2 Å². The Hall–Kier alpha value is -2.00. The third-order valence-corrected chi connectivity index (χ3v) is 4.12. The van der Waals surface area contributed by atoms with Gasteiger partial charge in [-0.05, 0) is 6.07 Å². The van der Waals surface area contributed by atoms with Crippen LogP contribution in [0.2, 0.25) is 0 Å². The normalized spacial score (nSPS) is 19.7. The van der Waals surface area contributed by atoms with Gasteiger partial charge in [-0.15, -0.1) is 0 Å². The van der Waals surface area contributed by atoms with Gasteiger partial charge in [0.1, 0.15) is 5.25 Å². The van der Waals surface area contributed by atoms with Crippen molar-refractivity contribution in [3.8, 4) is 0 Å². The SMILES string of the molecule is NS(=O)(=O)C1CC(=O)N(c2cnccc2C(=O)O)C1. The first-order chi connectivity index (χ1) is 8.80. The minimum absolute atomic E-state index is 0.0751. The number of carboxylic acids is 1. The van der Waals surface area contributed by atoms with E-state index in [1.54, 1.807) is 0 Å². The third-order valence-electron chi connectivity index (χ3n) is 2.88. The van der Waals surface area contributed by atoms with Crippen LogP contribution in [0, 0.1) is 0 Å². The van der Waals surface area contributed by atoms with Crippen molar-refractivity contribution in [1.29, 1.82) is 0 Å². The molecule has 1 saturated heterocycles. The lowest BCUT2D eigenvalue weighted by molar-refractivity contribution is -0.117. The quantitative estimate of drug-likeness (QED) is 0.745. The van der Waals surface area contributed by atoms with Gasteiger partial charge in [-0.1, -0.05) is 0 Å². The Morgan fingerprint density at radius 1 is 1.53 bits per heavy atom. The van der Waals surface area contributed by atoms with Crippen LogP contribution in [-0.2, 0) is 14.8 Å². The second-order valence-corrected chi connectivity index (χ2v) is 5.96. The molecule has 102 valence electrons. The predicted molar refractivity (Wildman–Crippen MR) is 65.1 cm³/mol. The molecule has 1 fully saturated rings. The molecule has 0 saturated carbocycles. The second kappa shape index (κ2) is 4.59. The smallest absolute Gasteiger partial charge is 0.337 e. The lowest BCUT2D eigenvalue weighted by Crippen LogP contribution is -2.32.